The van der Waals surface area contributed by atoms with E-state index in [9.17, 15) is 4.79 Å². The molecule has 0 unspecified atom stereocenters. The van der Waals surface area contributed by atoms with Crippen molar-refractivity contribution in [2.24, 2.45) is 5.73 Å². The molecular weight excluding hydrogens is 220 g/mol. The van der Waals surface area contributed by atoms with Gasteiger partial charge < -0.3 is 11.1 Å². The van der Waals surface area contributed by atoms with Crippen LogP contribution in [0.25, 0.3) is 0 Å². The van der Waals surface area contributed by atoms with Gasteiger partial charge in [-0.05, 0) is 37.1 Å². The summed E-state index contributed by atoms with van der Waals surface area (Å²) in [7, 11) is 0. The maximum absolute atomic E-state index is 10.7. The van der Waals surface area contributed by atoms with Crippen molar-refractivity contribution < 1.29 is 4.79 Å². The van der Waals surface area contributed by atoms with E-state index in [1.165, 1.54) is 4.90 Å². The maximum atomic E-state index is 10.7. The molecule has 0 aliphatic rings. The van der Waals surface area contributed by atoms with Gasteiger partial charge in [-0.15, -0.1) is 11.8 Å². The van der Waals surface area contributed by atoms with Gasteiger partial charge in [0.25, 0.3) is 0 Å². The zero-order chi connectivity index (χ0) is 12.1. The molecule has 2 amide bonds. The second-order valence-corrected chi connectivity index (χ2v) is 5.31. The molecule has 0 aliphatic carbocycles. The lowest BCUT2D eigenvalue weighted by molar-refractivity contribution is 0.259. The molecule has 1 rings (SSSR count). The number of amides is 2. The molecule has 0 heterocycles. The number of anilines is 1. The number of carbonyl (C=O) groups excluding carboxylic acids is 1. The highest BCUT2D eigenvalue weighted by molar-refractivity contribution is 7.99. The van der Waals surface area contributed by atoms with Gasteiger partial charge >= 0.3 is 6.03 Å². The van der Waals surface area contributed by atoms with Gasteiger partial charge in [0.1, 0.15) is 0 Å². The SMILES string of the molecule is CC[C@@H](C)Sc1ccc(NC(N)=O)c(C)c1. The highest BCUT2D eigenvalue weighted by Crippen LogP contribution is 2.28. The third kappa shape index (κ3) is 3.77. The van der Waals surface area contributed by atoms with Crippen LogP contribution in [0.2, 0.25) is 0 Å². The Morgan fingerprint density at radius 2 is 2.25 bits per heavy atom. The van der Waals surface area contributed by atoms with E-state index in [0.29, 0.717) is 5.25 Å². The molecule has 0 radical (unpaired) electrons. The minimum atomic E-state index is -0.523. The minimum absolute atomic E-state index is 0.523. The van der Waals surface area contributed by atoms with Gasteiger partial charge in [-0.25, -0.2) is 4.79 Å². The van der Waals surface area contributed by atoms with Gasteiger partial charge in [-0.3, -0.25) is 0 Å². The number of aryl methyl sites for hydroxylation is 1. The minimum Gasteiger partial charge on any atom is -0.351 e. The van der Waals surface area contributed by atoms with E-state index >= 15 is 0 Å². The van der Waals surface area contributed by atoms with Crippen molar-refractivity contribution in [1.29, 1.82) is 0 Å². The molecule has 0 fully saturated rings. The largest absolute Gasteiger partial charge is 0.351 e. The van der Waals surface area contributed by atoms with E-state index in [2.05, 4.69) is 25.2 Å². The number of rotatable bonds is 4. The second-order valence-electron chi connectivity index (χ2n) is 3.80. The Kier molecular flexibility index (Phi) is 4.68. The van der Waals surface area contributed by atoms with Crippen LogP contribution >= 0.6 is 11.8 Å². The first-order valence-electron chi connectivity index (χ1n) is 5.36. The molecule has 3 nitrogen and oxygen atoms in total. The lowest BCUT2D eigenvalue weighted by atomic mass is 10.2. The molecule has 88 valence electrons. The van der Waals surface area contributed by atoms with Gasteiger partial charge in [0.2, 0.25) is 0 Å². The van der Waals surface area contributed by atoms with Gasteiger partial charge in [-0.1, -0.05) is 13.8 Å². The third-order valence-electron chi connectivity index (χ3n) is 2.37. The highest BCUT2D eigenvalue weighted by Gasteiger charge is 2.05. The smallest absolute Gasteiger partial charge is 0.316 e. The summed E-state index contributed by atoms with van der Waals surface area (Å²) in [5, 5.41) is 3.20. The highest BCUT2D eigenvalue weighted by atomic mass is 32.2. The van der Waals surface area contributed by atoms with Gasteiger partial charge in [0.15, 0.2) is 0 Å². The Balaban J connectivity index is 2.78. The van der Waals surface area contributed by atoms with Gasteiger partial charge in [-0.2, -0.15) is 0 Å². The van der Waals surface area contributed by atoms with Crippen LogP contribution in [0.1, 0.15) is 25.8 Å². The number of carbonyl (C=O) groups is 1. The van der Waals surface area contributed by atoms with Crippen molar-refractivity contribution in [3.8, 4) is 0 Å². The lowest BCUT2D eigenvalue weighted by Crippen LogP contribution is -2.19. The summed E-state index contributed by atoms with van der Waals surface area (Å²) in [5.74, 6) is 0. The lowest BCUT2D eigenvalue weighted by Gasteiger charge is -2.11. The fourth-order valence-corrected chi connectivity index (χ4v) is 2.32. The van der Waals surface area contributed by atoms with Crippen LogP contribution in [-0.4, -0.2) is 11.3 Å². The Bertz CT molecular complexity index is 379. The zero-order valence-corrected chi connectivity index (χ0v) is 10.7. The summed E-state index contributed by atoms with van der Waals surface area (Å²) in [6.07, 6.45) is 1.14. The summed E-state index contributed by atoms with van der Waals surface area (Å²) in [5.41, 5.74) is 6.89. The van der Waals surface area contributed by atoms with Crippen LogP contribution in [0.5, 0.6) is 0 Å². The number of thioether (sulfide) groups is 1. The predicted octanol–water partition coefficient (Wildman–Crippen LogP) is 3.38. The number of nitrogens with one attached hydrogen (secondary N) is 1. The normalized spacial score (nSPS) is 12.2. The molecule has 1 atom stereocenters. The monoisotopic (exact) mass is 238 g/mol. The first-order valence-corrected chi connectivity index (χ1v) is 6.24. The fourth-order valence-electron chi connectivity index (χ4n) is 1.30. The number of primary amides is 1. The molecule has 16 heavy (non-hydrogen) atoms. The Labute approximate surface area is 101 Å². The van der Waals surface area contributed by atoms with E-state index in [-0.39, 0.29) is 0 Å². The summed E-state index contributed by atoms with van der Waals surface area (Å²) in [6.45, 7) is 6.34. The molecule has 0 aliphatic heterocycles. The van der Waals surface area contributed by atoms with Crippen LogP contribution in [0, 0.1) is 6.92 Å². The summed E-state index contributed by atoms with van der Waals surface area (Å²) in [4.78, 5) is 12.0. The third-order valence-corrected chi connectivity index (χ3v) is 3.63. The zero-order valence-electron chi connectivity index (χ0n) is 9.91. The molecule has 0 spiro atoms. The van der Waals surface area contributed by atoms with E-state index in [4.69, 9.17) is 5.73 Å². The van der Waals surface area contributed by atoms with Gasteiger partial charge in [0, 0.05) is 15.8 Å². The van der Waals surface area contributed by atoms with E-state index in [1.807, 2.05) is 30.8 Å². The summed E-state index contributed by atoms with van der Waals surface area (Å²) < 4.78 is 0. The average Bonchev–Trinajstić information content (AvgIpc) is 2.21. The summed E-state index contributed by atoms with van der Waals surface area (Å²) in [6, 6.07) is 5.45. The quantitative estimate of drug-likeness (QED) is 0.790. The molecule has 0 saturated carbocycles. The molecule has 1 aromatic rings. The van der Waals surface area contributed by atoms with Crippen LogP contribution in [-0.2, 0) is 0 Å². The number of hydrogen-bond acceptors (Lipinski definition) is 2. The second kappa shape index (κ2) is 5.80. The average molecular weight is 238 g/mol. The number of urea groups is 1. The molecular formula is C12H18N2OS. The van der Waals surface area contributed by atoms with E-state index < -0.39 is 6.03 Å². The van der Waals surface area contributed by atoms with Gasteiger partial charge in [0.05, 0.1) is 0 Å². The van der Waals surface area contributed by atoms with Crippen LogP contribution in [0.15, 0.2) is 23.1 Å². The first kappa shape index (κ1) is 12.9. The molecule has 1 aromatic carbocycles. The number of nitrogens with two attached hydrogens (primary N) is 1. The Hall–Kier alpha value is -1.16. The number of benzene rings is 1. The predicted molar refractivity (Wildman–Crippen MR) is 70.0 cm³/mol. The Morgan fingerprint density at radius 3 is 2.75 bits per heavy atom. The summed E-state index contributed by atoms with van der Waals surface area (Å²) >= 11 is 1.84. The first-order chi connectivity index (χ1) is 7.52. The molecule has 4 heteroatoms. The topological polar surface area (TPSA) is 55.1 Å². The van der Waals surface area contributed by atoms with Crippen molar-refractivity contribution in [1.82, 2.24) is 0 Å². The molecule has 3 N–H and O–H groups in total. The number of hydrogen-bond donors (Lipinski definition) is 2. The maximum Gasteiger partial charge on any atom is 0.316 e. The van der Waals surface area contributed by atoms with Crippen molar-refractivity contribution >= 4 is 23.5 Å². The molecule has 0 aromatic heterocycles. The Morgan fingerprint density at radius 1 is 1.56 bits per heavy atom. The fraction of sp³-hybridized carbons (Fsp3) is 0.417. The van der Waals surface area contributed by atoms with Crippen LogP contribution in [0.4, 0.5) is 10.5 Å². The molecule has 0 bridgehead atoms. The van der Waals surface area contributed by atoms with Crippen molar-refractivity contribution in [3.05, 3.63) is 23.8 Å². The molecule has 0 saturated heterocycles. The standard InChI is InChI=1S/C12H18N2OS/c1-4-9(3)16-10-5-6-11(8(2)7-10)14-12(13)15/h5-7,9H,4H2,1-3H3,(H3,13,14,15)/t9-/m1/s1. The van der Waals surface area contributed by atoms with Crippen LogP contribution in [0.3, 0.4) is 0 Å². The van der Waals surface area contributed by atoms with Crippen molar-refractivity contribution in [2.75, 3.05) is 5.32 Å². The van der Waals surface area contributed by atoms with E-state index in [0.717, 1.165) is 17.7 Å². The van der Waals surface area contributed by atoms with Crippen molar-refractivity contribution in [3.63, 3.8) is 0 Å². The van der Waals surface area contributed by atoms with Crippen LogP contribution < -0.4 is 11.1 Å². The van der Waals surface area contributed by atoms with E-state index in [1.54, 1.807) is 0 Å². The van der Waals surface area contributed by atoms with Crippen molar-refractivity contribution in [2.45, 2.75) is 37.3 Å².